The van der Waals surface area contributed by atoms with Gasteiger partial charge in [-0.15, -0.1) is 0 Å². The highest BCUT2D eigenvalue weighted by atomic mass is 16.5. The third-order valence-corrected chi connectivity index (χ3v) is 3.25. The van der Waals surface area contributed by atoms with E-state index in [9.17, 15) is 4.79 Å². The Morgan fingerprint density at radius 2 is 1.86 bits per heavy atom. The second-order valence-electron chi connectivity index (χ2n) is 4.79. The second-order valence-corrected chi connectivity index (χ2v) is 4.79. The minimum atomic E-state index is -0.384. The molecule has 0 bridgehead atoms. The van der Waals surface area contributed by atoms with Crippen LogP contribution in [0.3, 0.4) is 0 Å². The highest BCUT2D eigenvalue weighted by Gasteiger charge is 2.17. The quantitative estimate of drug-likeness (QED) is 0.589. The Morgan fingerprint density at radius 3 is 2.59 bits per heavy atom. The van der Waals surface area contributed by atoms with Crippen molar-refractivity contribution in [1.29, 1.82) is 0 Å². The van der Waals surface area contributed by atoms with E-state index in [1.807, 2.05) is 54.6 Å². The van der Waals surface area contributed by atoms with E-state index in [1.54, 1.807) is 13.0 Å². The first kappa shape index (κ1) is 14.1. The molecule has 110 valence electrons. The Hall–Kier alpha value is -2.88. The molecule has 0 saturated heterocycles. The molecule has 1 heterocycles. The average molecular weight is 292 g/mol. The molecule has 0 aliphatic rings. The second kappa shape index (κ2) is 6.26. The molecule has 4 nitrogen and oxygen atoms in total. The van der Waals surface area contributed by atoms with Crippen LogP contribution < -0.4 is 0 Å². The predicted molar refractivity (Wildman–Crippen MR) is 87.0 cm³/mol. The van der Waals surface area contributed by atoms with Crippen molar-refractivity contribution < 1.29 is 9.53 Å². The number of para-hydroxylation sites is 2. The molecule has 1 aromatic heterocycles. The van der Waals surface area contributed by atoms with E-state index >= 15 is 0 Å². The fourth-order valence-corrected chi connectivity index (χ4v) is 2.23. The van der Waals surface area contributed by atoms with E-state index in [4.69, 9.17) is 4.74 Å². The largest absolute Gasteiger partial charge is 0.462 e. The number of imidazole rings is 1. The van der Waals surface area contributed by atoms with Crippen LogP contribution in [0, 0.1) is 0 Å². The van der Waals surface area contributed by atoms with Crippen molar-refractivity contribution >= 4 is 28.7 Å². The summed E-state index contributed by atoms with van der Waals surface area (Å²) in [5.41, 5.74) is 3.05. The van der Waals surface area contributed by atoms with Gasteiger partial charge in [-0.05, 0) is 30.7 Å². The van der Waals surface area contributed by atoms with Crippen molar-refractivity contribution in [3.05, 3.63) is 66.0 Å². The summed E-state index contributed by atoms with van der Waals surface area (Å²) in [5, 5.41) is 0. The van der Waals surface area contributed by atoms with Crippen LogP contribution >= 0.6 is 0 Å². The van der Waals surface area contributed by atoms with Gasteiger partial charge in [0.2, 0.25) is 0 Å². The third kappa shape index (κ3) is 2.91. The summed E-state index contributed by atoms with van der Waals surface area (Å²) in [6, 6.07) is 17.3. The Balaban J connectivity index is 2.08. The molecule has 22 heavy (non-hydrogen) atoms. The van der Waals surface area contributed by atoms with Gasteiger partial charge in [-0.1, -0.05) is 42.5 Å². The minimum absolute atomic E-state index is 0.325. The van der Waals surface area contributed by atoms with E-state index < -0.39 is 0 Å². The first-order valence-corrected chi connectivity index (χ1v) is 7.17. The van der Waals surface area contributed by atoms with Crippen molar-refractivity contribution in [2.45, 2.75) is 6.92 Å². The predicted octanol–water partition coefficient (Wildman–Crippen LogP) is 3.67. The van der Waals surface area contributed by atoms with Gasteiger partial charge in [0, 0.05) is 0 Å². The summed E-state index contributed by atoms with van der Waals surface area (Å²) in [4.78, 5) is 19.9. The first-order valence-electron chi connectivity index (χ1n) is 7.17. The number of carbonyl (C=O) groups is 1. The van der Waals surface area contributed by atoms with Crippen LogP contribution in [0.25, 0.3) is 22.7 Å². The Kier molecular flexibility index (Phi) is 4.01. The highest BCUT2D eigenvalue weighted by Crippen LogP contribution is 2.20. The van der Waals surface area contributed by atoms with Crippen LogP contribution in [0.5, 0.6) is 0 Å². The smallest absolute Gasteiger partial charge is 0.341 e. The Morgan fingerprint density at radius 1 is 1.14 bits per heavy atom. The highest BCUT2D eigenvalue weighted by molar-refractivity contribution is 6.20. The molecular formula is C18H16N2O2. The van der Waals surface area contributed by atoms with E-state index in [0.29, 0.717) is 18.0 Å². The SMILES string of the molecule is CCOC(=O)/C(=C/c1ccccc1)c1nc2ccccc2[nH]1. The number of benzene rings is 2. The molecule has 0 atom stereocenters. The van der Waals surface area contributed by atoms with Gasteiger partial charge in [0.1, 0.15) is 11.4 Å². The van der Waals surface area contributed by atoms with Gasteiger partial charge in [0.15, 0.2) is 0 Å². The topological polar surface area (TPSA) is 55.0 Å². The summed E-state index contributed by atoms with van der Waals surface area (Å²) < 4.78 is 5.16. The maximum atomic E-state index is 12.3. The Labute approximate surface area is 128 Å². The maximum Gasteiger partial charge on any atom is 0.341 e. The number of carbonyl (C=O) groups excluding carboxylic acids is 1. The summed E-state index contributed by atoms with van der Waals surface area (Å²) in [5.74, 6) is 0.133. The number of esters is 1. The normalized spacial score (nSPS) is 11.6. The van der Waals surface area contributed by atoms with Crippen LogP contribution in [0.1, 0.15) is 18.3 Å². The molecule has 4 heteroatoms. The number of aromatic amines is 1. The number of H-pyrrole nitrogens is 1. The molecule has 0 fully saturated rings. The summed E-state index contributed by atoms with van der Waals surface area (Å²) in [7, 11) is 0. The molecule has 3 rings (SSSR count). The van der Waals surface area contributed by atoms with Crippen molar-refractivity contribution in [3.63, 3.8) is 0 Å². The van der Waals surface area contributed by atoms with Crippen LogP contribution in [0.15, 0.2) is 54.6 Å². The minimum Gasteiger partial charge on any atom is -0.462 e. The number of fused-ring (bicyclic) bond motifs is 1. The fraction of sp³-hybridized carbons (Fsp3) is 0.111. The number of nitrogens with zero attached hydrogens (tertiary/aromatic N) is 1. The molecule has 3 aromatic rings. The monoisotopic (exact) mass is 292 g/mol. The molecule has 0 aliphatic carbocycles. The zero-order valence-electron chi connectivity index (χ0n) is 12.2. The van der Waals surface area contributed by atoms with Gasteiger partial charge < -0.3 is 9.72 Å². The van der Waals surface area contributed by atoms with Crippen molar-refractivity contribution in [2.24, 2.45) is 0 Å². The van der Waals surface area contributed by atoms with E-state index in [1.165, 1.54) is 0 Å². The number of hydrogen-bond donors (Lipinski definition) is 1. The number of rotatable bonds is 4. The molecule has 0 radical (unpaired) electrons. The maximum absolute atomic E-state index is 12.3. The number of nitrogens with one attached hydrogen (secondary N) is 1. The van der Waals surface area contributed by atoms with Crippen LogP contribution in [0.4, 0.5) is 0 Å². The Bertz CT molecular complexity index is 786. The summed E-state index contributed by atoms with van der Waals surface area (Å²) in [6.45, 7) is 2.11. The van der Waals surface area contributed by atoms with Crippen LogP contribution in [-0.2, 0) is 9.53 Å². The zero-order chi connectivity index (χ0) is 15.4. The molecule has 1 N–H and O–H groups in total. The third-order valence-electron chi connectivity index (χ3n) is 3.25. The standard InChI is InChI=1S/C18H16N2O2/c1-2-22-18(21)14(12-13-8-4-3-5-9-13)17-19-15-10-6-7-11-16(15)20-17/h3-12H,2H2,1H3,(H,19,20)/b14-12+. The van der Waals surface area contributed by atoms with E-state index in [0.717, 1.165) is 16.6 Å². The molecule has 0 spiro atoms. The first-order chi connectivity index (χ1) is 10.8. The number of aromatic nitrogens is 2. The average Bonchev–Trinajstić information content (AvgIpc) is 2.97. The van der Waals surface area contributed by atoms with Gasteiger partial charge >= 0.3 is 5.97 Å². The number of ether oxygens (including phenoxy) is 1. The van der Waals surface area contributed by atoms with E-state index in [-0.39, 0.29) is 5.97 Å². The lowest BCUT2D eigenvalue weighted by Gasteiger charge is -2.04. The van der Waals surface area contributed by atoms with Crippen molar-refractivity contribution in [2.75, 3.05) is 6.61 Å². The molecule has 0 aliphatic heterocycles. The summed E-state index contributed by atoms with van der Waals surface area (Å²) in [6.07, 6.45) is 1.79. The van der Waals surface area contributed by atoms with Gasteiger partial charge in [-0.2, -0.15) is 0 Å². The van der Waals surface area contributed by atoms with Crippen LogP contribution in [0.2, 0.25) is 0 Å². The lowest BCUT2D eigenvalue weighted by molar-refractivity contribution is -0.136. The van der Waals surface area contributed by atoms with E-state index in [2.05, 4.69) is 9.97 Å². The molecule has 0 saturated carbocycles. The molecule has 0 amide bonds. The van der Waals surface area contributed by atoms with Gasteiger partial charge in [0.25, 0.3) is 0 Å². The molecule has 2 aromatic carbocycles. The van der Waals surface area contributed by atoms with Crippen molar-refractivity contribution in [3.8, 4) is 0 Å². The zero-order valence-corrected chi connectivity index (χ0v) is 12.2. The lowest BCUT2D eigenvalue weighted by Crippen LogP contribution is -2.08. The van der Waals surface area contributed by atoms with Gasteiger partial charge in [0.05, 0.1) is 17.6 Å². The summed E-state index contributed by atoms with van der Waals surface area (Å²) >= 11 is 0. The van der Waals surface area contributed by atoms with Crippen LogP contribution in [-0.4, -0.2) is 22.5 Å². The van der Waals surface area contributed by atoms with Gasteiger partial charge in [-0.25, -0.2) is 9.78 Å². The molecule has 0 unspecified atom stereocenters. The number of hydrogen-bond acceptors (Lipinski definition) is 3. The molecular weight excluding hydrogens is 276 g/mol. The van der Waals surface area contributed by atoms with Crippen molar-refractivity contribution in [1.82, 2.24) is 9.97 Å². The van der Waals surface area contributed by atoms with Gasteiger partial charge in [-0.3, -0.25) is 0 Å². The lowest BCUT2D eigenvalue weighted by atomic mass is 10.1. The fourth-order valence-electron chi connectivity index (χ4n) is 2.23.